The fraction of sp³-hybridized carbons (Fsp3) is 0.571. The van der Waals surface area contributed by atoms with E-state index in [1.807, 2.05) is 18.7 Å². The van der Waals surface area contributed by atoms with Crippen molar-refractivity contribution in [3.8, 4) is 0 Å². The van der Waals surface area contributed by atoms with E-state index in [0.717, 1.165) is 51.4 Å². The molecule has 2 aliphatic rings. The molecule has 7 nitrogen and oxygen atoms in total. The number of carbonyl (C=O) groups is 2. The van der Waals surface area contributed by atoms with Crippen molar-refractivity contribution in [1.29, 1.82) is 0 Å². The lowest BCUT2D eigenvalue weighted by molar-refractivity contribution is -0.138. The van der Waals surface area contributed by atoms with Crippen LogP contribution in [-0.2, 0) is 17.4 Å². The van der Waals surface area contributed by atoms with Gasteiger partial charge in [0.15, 0.2) is 0 Å². The molecule has 10 heteroatoms. The number of carbonyl (C=O) groups excluding carboxylic acids is 2. The Hall–Kier alpha value is -3.17. The SMILES string of the molecule is CC(C)NC(=O)[C@H]1CCC[C@H]1Cc1nc(Nc2ccc(C(=O)N3CCCCCC3)cc2)ncc1C(F)(F)F. The molecule has 1 aromatic heterocycles. The minimum atomic E-state index is -4.60. The highest BCUT2D eigenvalue weighted by atomic mass is 19.4. The quantitative estimate of drug-likeness (QED) is 0.476. The molecule has 1 aromatic carbocycles. The van der Waals surface area contributed by atoms with Crippen LogP contribution < -0.4 is 10.6 Å². The van der Waals surface area contributed by atoms with E-state index in [-0.39, 0.29) is 47.8 Å². The average Bonchev–Trinajstić information content (AvgIpc) is 3.15. The van der Waals surface area contributed by atoms with Gasteiger partial charge in [0.1, 0.15) is 0 Å². The highest BCUT2D eigenvalue weighted by molar-refractivity contribution is 5.94. The Morgan fingerprint density at radius 2 is 1.71 bits per heavy atom. The molecule has 0 radical (unpaired) electrons. The van der Waals surface area contributed by atoms with Crippen LogP contribution in [0.4, 0.5) is 24.8 Å². The molecule has 2 fully saturated rings. The van der Waals surface area contributed by atoms with Gasteiger partial charge in [-0.1, -0.05) is 19.3 Å². The van der Waals surface area contributed by atoms with Gasteiger partial charge < -0.3 is 15.5 Å². The molecule has 2 N–H and O–H groups in total. The summed E-state index contributed by atoms with van der Waals surface area (Å²) in [7, 11) is 0. The maximum atomic E-state index is 13.8. The van der Waals surface area contributed by atoms with Gasteiger partial charge in [-0.2, -0.15) is 13.2 Å². The third-order valence-corrected chi connectivity index (χ3v) is 7.34. The largest absolute Gasteiger partial charge is 0.419 e. The summed E-state index contributed by atoms with van der Waals surface area (Å²) in [5.74, 6) is -0.640. The van der Waals surface area contributed by atoms with Gasteiger partial charge in [0.2, 0.25) is 11.9 Å². The smallest absolute Gasteiger partial charge is 0.354 e. The zero-order valence-electron chi connectivity index (χ0n) is 22.0. The van der Waals surface area contributed by atoms with Gasteiger partial charge >= 0.3 is 6.18 Å². The molecule has 2 amide bonds. The van der Waals surface area contributed by atoms with Crippen LogP contribution in [0.3, 0.4) is 0 Å². The Labute approximate surface area is 221 Å². The number of halogens is 3. The monoisotopic (exact) mass is 531 g/mol. The summed E-state index contributed by atoms with van der Waals surface area (Å²) < 4.78 is 41.4. The van der Waals surface area contributed by atoms with Crippen LogP contribution >= 0.6 is 0 Å². The van der Waals surface area contributed by atoms with Crippen LogP contribution in [-0.4, -0.2) is 45.8 Å². The van der Waals surface area contributed by atoms with Crippen molar-refractivity contribution in [2.24, 2.45) is 11.8 Å². The van der Waals surface area contributed by atoms with Gasteiger partial charge in [0, 0.05) is 42.5 Å². The van der Waals surface area contributed by atoms with E-state index in [9.17, 15) is 22.8 Å². The Morgan fingerprint density at radius 1 is 1.03 bits per heavy atom. The van der Waals surface area contributed by atoms with Crippen molar-refractivity contribution in [3.63, 3.8) is 0 Å². The van der Waals surface area contributed by atoms with Crippen molar-refractivity contribution in [2.75, 3.05) is 18.4 Å². The second-order valence-corrected chi connectivity index (χ2v) is 10.6. The zero-order chi connectivity index (χ0) is 27.3. The summed E-state index contributed by atoms with van der Waals surface area (Å²) in [6.07, 6.45) is 2.65. The number of hydrogen-bond donors (Lipinski definition) is 2. The summed E-state index contributed by atoms with van der Waals surface area (Å²) in [5.41, 5.74) is 0.144. The summed E-state index contributed by atoms with van der Waals surface area (Å²) in [6, 6.07) is 6.79. The van der Waals surface area contributed by atoms with E-state index >= 15 is 0 Å². The number of aromatic nitrogens is 2. The number of hydrogen-bond acceptors (Lipinski definition) is 5. The molecule has 1 aliphatic carbocycles. The number of anilines is 2. The predicted molar refractivity (Wildman–Crippen MR) is 139 cm³/mol. The van der Waals surface area contributed by atoms with Gasteiger partial charge in [-0.25, -0.2) is 9.97 Å². The Kier molecular flexibility index (Phi) is 8.89. The minimum Gasteiger partial charge on any atom is -0.354 e. The van der Waals surface area contributed by atoms with E-state index in [0.29, 0.717) is 24.1 Å². The Morgan fingerprint density at radius 3 is 2.34 bits per heavy atom. The van der Waals surface area contributed by atoms with Gasteiger partial charge in [-0.05, 0) is 76.1 Å². The lowest BCUT2D eigenvalue weighted by Gasteiger charge is -2.22. The normalized spacial score (nSPS) is 20.3. The minimum absolute atomic E-state index is 0.0147. The number of likely N-dealkylation sites (tertiary alicyclic amines) is 1. The van der Waals surface area contributed by atoms with Gasteiger partial charge in [-0.3, -0.25) is 9.59 Å². The first-order valence-electron chi connectivity index (χ1n) is 13.5. The predicted octanol–water partition coefficient (Wildman–Crippen LogP) is 5.74. The molecule has 1 saturated carbocycles. The molecule has 2 heterocycles. The van der Waals surface area contributed by atoms with Crippen LogP contribution in [0.15, 0.2) is 30.5 Å². The van der Waals surface area contributed by atoms with Crippen LogP contribution in [0, 0.1) is 11.8 Å². The summed E-state index contributed by atoms with van der Waals surface area (Å²) in [4.78, 5) is 35.5. The molecule has 1 aliphatic heterocycles. The molecule has 38 heavy (non-hydrogen) atoms. The molecule has 2 aromatic rings. The van der Waals surface area contributed by atoms with Crippen molar-refractivity contribution in [2.45, 2.75) is 77.4 Å². The van der Waals surface area contributed by atoms with Crippen molar-refractivity contribution >= 4 is 23.5 Å². The maximum Gasteiger partial charge on any atom is 0.419 e. The number of amides is 2. The number of alkyl halides is 3. The Bertz CT molecular complexity index is 1110. The zero-order valence-corrected chi connectivity index (χ0v) is 22.0. The van der Waals surface area contributed by atoms with E-state index in [1.165, 1.54) is 0 Å². The first kappa shape index (κ1) is 27.9. The standard InChI is InChI=1S/C28H36F3N5O2/c1-18(2)33-25(37)22-9-7-8-20(22)16-24-23(28(29,30)31)17-32-27(35-24)34-21-12-10-19(11-13-21)26(38)36-14-5-3-4-6-15-36/h10-13,17-18,20,22H,3-9,14-16H2,1-2H3,(H,33,37)(H,32,34,35)/t20-,22-/m0/s1. The third-order valence-electron chi connectivity index (χ3n) is 7.34. The van der Waals surface area contributed by atoms with Crippen LogP contribution in [0.5, 0.6) is 0 Å². The van der Waals surface area contributed by atoms with Crippen molar-refractivity contribution in [1.82, 2.24) is 20.2 Å². The highest BCUT2D eigenvalue weighted by Gasteiger charge is 2.39. The molecular weight excluding hydrogens is 495 g/mol. The molecule has 0 bridgehead atoms. The molecule has 0 spiro atoms. The summed E-state index contributed by atoms with van der Waals surface area (Å²) in [6.45, 7) is 5.23. The van der Waals surface area contributed by atoms with Crippen molar-refractivity contribution in [3.05, 3.63) is 47.3 Å². The third kappa shape index (κ3) is 7.02. The topological polar surface area (TPSA) is 87.2 Å². The number of nitrogens with zero attached hydrogens (tertiary/aromatic N) is 3. The number of benzene rings is 1. The lowest BCUT2D eigenvalue weighted by Crippen LogP contribution is -2.37. The summed E-state index contributed by atoms with van der Waals surface area (Å²) in [5, 5.41) is 5.86. The van der Waals surface area contributed by atoms with E-state index in [1.54, 1.807) is 24.3 Å². The van der Waals surface area contributed by atoms with Crippen LogP contribution in [0.2, 0.25) is 0 Å². The van der Waals surface area contributed by atoms with Gasteiger partial charge in [0.05, 0.1) is 11.3 Å². The Balaban J connectivity index is 1.49. The van der Waals surface area contributed by atoms with E-state index in [2.05, 4.69) is 20.6 Å². The number of rotatable bonds is 7. The first-order chi connectivity index (χ1) is 18.1. The molecule has 0 unspecified atom stereocenters. The summed E-state index contributed by atoms with van der Waals surface area (Å²) >= 11 is 0. The molecule has 4 rings (SSSR count). The second-order valence-electron chi connectivity index (χ2n) is 10.6. The highest BCUT2D eigenvalue weighted by Crippen LogP contribution is 2.38. The molecule has 2 atom stereocenters. The fourth-order valence-corrected chi connectivity index (χ4v) is 5.42. The second kappa shape index (κ2) is 12.1. The lowest BCUT2D eigenvalue weighted by atomic mass is 9.89. The van der Waals surface area contributed by atoms with Crippen LogP contribution in [0.1, 0.15) is 80.4 Å². The first-order valence-corrected chi connectivity index (χ1v) is 13.5. The van der Waals surface area contributed by atoms with Crippen LogP contribution in [0.25, 0.3) is 0 Å². The average molecular weight is 532 g/mol. The molecular formula is C28H36F3N5O2. The fourth-order valence-electron chi connectivity index (χ4n) is 5.42. The maximum absolute atomic E-state index is 13.8. The van der Waals surface area contributed by atoms with Gasteiger partial charge in [0.25, 0.3) is 5.91 Å². The molecule has 1 saturated heterocycles. The molecule has 206 valence electrons. The van der Waals surface area contributed by atoms with Crippen molar-refractivity contribution < 1.29 is 22.8 Å². The van der Waals surface area contributed by atoms with E-state index in [4.69, 9.17) is 0 Å². The van der Waals surface area contributed by atoms with Gasteiger partial charge in [-0.15, -0.1) is 0 Å². The van der Waals surface area contributed by atoms with E-state index < -0.39 is 11.7 Å². The number of nitrogens with one attached hydrogen (secondary N) is 2.